The lowest BCUT2D eigenvalue weighted by atomic mass is 10.1. The number of hydrogen-bond donors (Lipinski definition) is 3. The average Bonchev–Trinajstić information content (AvgIpc) is 2.80. The van der Waals surface area contributed by atoms with Crippen LogP contribution in [0, 0.1) is 0 Å². The predicted octanol–water partition coefficient (Wildman–Crippen LogP) is 2.09. The highest BCUT2D eigenvalue weighted by molar-refractivity contribution is 5.96. The van der Waals surface area contributed by atoms with Crippen LogP contribution in [0.25, 0.3) is 0 Å². The lowest BCUT2D eigenvalue weighted by Crippen LogP contribution is -2.29. The van der Waals surface area contributed by atoms with E-state index in [9.17, 15) is 14.7 Å². The average molecular weight is 445 g/mol. The second-order valence-corrected chi connectivity index (χ2v) is 6.37. The maximum atomic E-state index is 12.4. The van der Waals surface area contributed by atoms with Gasteiger partial charge in [0.25, 0.3) is 5.91 Å². The molecular formula is C22H27N3O7. The van der Waals surface area contributed by atoms with Gasteiger partial charge in [-0.3, -0.25) is 9.59 Å². The van der Waals surface area contributed by atoms with Crippen molar-refractivity contribution in [2.24, 2.45) is 5.10 Å². The minimum absolute atomic E-state index is 0.0211. The minimum atomic E-state index is -0.395. The third-order valence-electron chi connectivity index (χ3n) is 4.25. The number of amides is 2. The molecule has 0 atom stereocenters. The smallest absolute Gasteiger partial charge is 0.251 e. The number of rotatable bonds is 11. The lowest BCUT2D eigenvalue weighted by molar-refractivity contribution is -0.120. The first-order valence-corrected chi connectivity index (χ1v) is 9.79. The summed E-state index contributed by atoms with van der Waals surface area (Å²) >= 11 is 0. The highest BCUT2D eigenvalue weighted by atomic mass is 16.5. The lowest BCUT2D eigenvalue weighted by Gasteiger charge is -2.14. The van der Waals surface area contributed by atoms with Crippen LogP contribution < -0.4 is 29.7 Å². The van der Waals surface area contributed by atoms with Crippen LogP contribution in [-0.2, 0) is 4.79 Å². The molecule has 2 amide bonds. The first kappa shape index (κ1) is 24.3. The van der Waals surface area contributed by atoms with E-state index < -0.39 is 5.91 Å². The van der Waals surface area contributed by atoms with E-state index in [1.165, 1.54) is 45.7 Å². The van der Waals surface area contributed by atoms with Crippen LogP contribution in [0.3, 0.4) is 0 Å². The van der Waals surface area contributed by atoms with Crippen LogP contribution in [0.15, 0.2) is 35.4 Å². The van der Waals surface area contributed by atoms with Crippen molar-refractivity contribution < 1.29 is 33.6 Å². The summed E-state index contributed by atoms with van der Waals surface area (Å²) < 4.78 is 21.0. The molecule has 0 bridgehead atoms. The molecule has 0 aliphatic carbocycles. The van der Waals surface area contributed by atoms with E-state index >= 15 is 0 Å². The van der Waals surface area contributed by atoms with Gasteiger partial charge in [0.1, 0.15) is 0 Å². The summed E-state index contributed by atoms with van der Waals surface area (Å²) in [5.41, 5.74) is 3.32. The molecule has 2 aromatic rings. The molecule has 0 saturated carbocycles. The molecular weight excluding hydrogens is 418 g/mol. The van der Waals surface area contributed by atoms with Crippen molar-refractivity contribution in [3.05, 3.63) is 41.5 Å². The van der Waals surface area contributed by atoms with E-state index in [1.54, 1.807) is 19.1 Å². The van der Waals surface area contributed by atoms with Crippen LogP contribution in [0.2, 0.25) is 0 Å². The number of ether oxygens (including phenoxy) is 4. The van der Waals surface area contributed by atoms with Gasteiger partial charge in [-0.25, -0.2) is 5.43 Å². The molecule has 0 saturated heterocycles. The largest absolute Gasteiger partial charge is 0.504 e. The Bertz CT molecular complexity index is 951. The topological polar surface area (TPSA) is 128 Å². The van der Waals surface area contributed by atoms with Gasteiger partial charge in [-0.05, 0) is 42.8 Å². The van der Waals surface area contributed by atoms with Gasteiger partial charge in [0.05, 0.1) is 34.2 Å². The van der Waals surface area contributed by atoms with Crippen molar-refractivity contribution in [2.45, 2.75) is 13.3 Å². The minimum Gasteiger partial charge on any atom is -0.504 e. The number of nitrogens with one attached hydrogen (secondary N) is 2. The molecule has 0 unspecified atom stereocenters. The van der Waals surface area contributed by atoms with Crippen molar-refractivity contribution in [3.8, 4) is 28.7 Å². The van der Waals surface area contributed by atoms with Crippen molar-refractivity contribution in [3.63, 3.8) is 0 Å². The van der Waals surface area contributed by atoms with E-state index in [0.29, 0.717) is 40.7 Å². The van der Waals surface area contributed by atoms with Gasteiger partial charge in [0, 0.05) is 18.5 Å². The normalized spacial score (nSPS) is 10.5. The molecule has 3 N–H and O–H groups in total. The maximum absolute atomic E-state index is 12.4. The Kier molecular flexibility index (Phi) is 9.15. The number of carbonyl (C=O) groups excluding carboxylic acids is 2. The number of phenolic OH excluding ortho intramolecular Hbond substituents is 1. The zero-order valence-electron chi connectivity index (χ0n) is 18.4. The van der Waals surface area contributed by atoms with Gasteiger partial charge in [0.15, 0.2) is 23.0 Å². The van der Waals surface area contributed by atoms with Gasteiger partial charge in [0.2, 0.25) is 11.7 Å². The van der Waals surface area contributed by atoms with Gasteiger partial charge in [-0.1, -0.05) is 0 Å². The highest BCUT2D eigenvalue weighted by Gasteiger charge is 2.17. The molecule has 0 spiro atoms. The first-order valence-electron chi connectivity index (χ1n) is 9.79. The quantitative estimate of drug-likeness (QED) is 0.357. The summed E-state index contributed by atoms with van der Waals surface area (Å²) in [7, 11) is 4.39. The Morgan fingerprint density at radius 3 is 2.31 bits per heavy atom. The maximum Gasteiger partial charge on any atom is 0.251 e. The molecule has 0 fully saturated rings. The van der Waals surface area contributed by atoms with Gasteiger partial charge in [-0.2, -0.15) is 5.10 Å². The second-order valence-electron chi connectivity index (χ2n) is 6.37. The van der Waals surface area contributed by atoms with Crippen LogP contribution in [0.4, 0.5) is 0 Å². The van der Waals surface area contributed by atoms with Gasteiger partial charge < -0.3 is 29.4 Å². The number of phenols is 1. The summed E-state index contributed by atoms with van der Waals surface area (Å²) in [6.45, 7) is 2.32. The Morgan fingerprint density at radius 2 is 1.72 bits per heavy atom. The van der Waals surface area contributed by atoms with E-state index in [0.717, 1.165) is 0 Å². The van der Waals surface area contributed by atoms with Gasteiger partial charge >= 0.3 is 0 Å². The Hall–Kier alpha value is -3.95. The summed E-state index contributed by atoms with van der Waals surface area (Å²) in [4.78, 5) is 24.4. The number of benzene rings is 2. The third-order valence-corrected chi connectivity index (χ3v) is 4.25. The Morgan fingerprint density at radius 1 is 1.03 bits per heavy atom. The summed E-state index contributed by atoms with van der Waals surface area (Å²) in [6.07, 6.45) is 1.45. The SMILES string of the molecule is CCOc1cc(C=NNC(=O)CCNC(=O)c2cc(OC)c(OC)c(OC)c2)ccc1O. The molecule has 10 nitrogen and oxygen atoms in total. The van der Waals surface area contributed by atoms with E-state index in [-0.39, 0.29) is 24.6 Å². The molecule has 0 heterocycles. The molecule has 0 radical (unpaired) electrons. The standard InChI is InChI=1S/C22H27N3O7/c1-5-32-17-10-14(6-7-16(17)26)13-24-25-20(27)8-9-23-22(28)15-11-18(29-2)21(31-4)19(12-15)30-3/h6-7,10-13,26H,5,8-9H2,1-4H3,(H,23,28)(H,25,27). The number of hydrazone groups is 1. The molecule has 0 aromatic heterocycles. The monoisotopic (exact) mass is 445 g/mol. The number of aromatic hydroxyl groups is 1. The fourth-order valence-electron chi connectivity index (χ4n) is 2.72. The highest BCUT2D eigenvalue weighted by Crippen LogP contribution is 2.38. The van der Waals surface area contributed by atoms with Crippen molar-refractivity contribution in [1.82, 2.24) is 10.7 Å². The third kappa shape index (κ3) is 6.53. The van der Waals surface area contributed by atoms with Crippen molar-refractivity contribution in [1.29, 1.82) is 0 Å². The summed E-state index contributed by atoms with van der Waals surface area (Å²) in [5.74, 6) is 0.666. The summed E-state index contributed by atoms with van der Waals surface area (Å²) in [5, 5.41) is 16.2. The number of carbonyl (C=O) groups is 2. The zero-order valence-corrected chi connectivity index (χ0v) is 18.4. The van der Waals surface area contributed by atoms with Gasteiger partial charge in [-0.15, -0.1) is 0 Å². The fraction of sp³-hybridized carbons (Fsp3) is 0.318. The van der Waals surface area contributed by atoms with Crippen LogP contribution in [0.1, 0.15) is 29.3 Å². The Labute approximate surface area is 186 Å². The zero-order chi connectivity index (χ0) is 23.5. The molecule has 0 aliphatic heterocycles. The molecule has 2 rings (SSSR count). The number of hydrogen-bond acceptors (Lipinski definition) is 8. The number of nitrogens with zero attached hydrogens (tertiary/aromatic N) is 1. The van der Waals surface area contributed by atoms with E-state index in [4.69, 9.17) is 18.9 Å². The number of methoxy groups -OCH3 is 3. The molecule has 32 heavy (non-hydrogen) atoms. The van der Waals surface area contributed by atoms with Crippen LogP contribution in [-0.4, -0.2) is 57.6 Å². The van der Waals surface area contributed by atoms with Crippen molar-refractivity contribution in [2.75, 3.05) is 34.5 Å². The van der Waals surface area contributed by atoms with Crippen LogP contribution >= 0.6 is 0 Å². The molecule has 10 heteroatoms. The molecule has 2 aromatic carbocycles. The first-order chi connectivity index (χ1) is 15.4. The molecule has 0 aliphatic rings. The van der Waals surface area contributed by atoms with Crippen molar-refractivity contribution >= 4 is 18.0 Å². The summed E-state index contributed by atoms with van der Waals surface area (Å²) in [6, 6.07) is 7.76. The Balaban J connectivity index is 1.87. The van der Waals surface area contributed by atoms with E-state index in [2.05, 4.69) is 15.8 Å². The fourth-order valence-corrected chi connectivity index (χ4v) is 2.72. The van der Waals surface area contributed by atoms with Crippen LogP contribution in [0.5, 0.6) is 28.7 Å². The second kappa shape index (κ2) is 12.0. The van der Waals surface area contributed by atoms with E-state index in [1.807, 2.05) is 0 Å². The molecule has 172 valence electrons. The predicted molar refractivity (Wildman–Crippen MR) is 118 cm³/mol.